The Morgan fingerprint density at radius 3 is 2.96 bits per heavy atom. The molecule has 4 aromatic heterocycles. The van der Waals surface area contributed by atoms with Crippen molar-refractivity contribution < 1.29 is 4.42 Å². The smallest absolute Gasteiger partial charge is 0.228 e. The average Bonchev–Trinajstić information content (AvgIpc) is 3.42. The predicted octanol–water partition coefficient (Wildman–Crippen LogP) is 3.44. The number of hydrogen-bond donors (Lipinski definition) is 1. The fraction of sp³-hybridized carbons (Fsp3) is 0.263. The van der Waals surface area contributed by atoms with Crippen molar-refractivity contribution in [3.8, 4) is 0 Å². The van der Waals surface area contributed by atoms with Gasteiger partial charge in [-0.25, -0.2) is 9.97 Å². The molecule has 0 aromatic carbocycles. The van der Waals surface area contributed by atoms with Crippen LogP contribution in [-0.4, -0.2) is 31.0 Å². The van der Waals surface area contributed by atoms with Crippen molar-refractivity contribution in [2.75, 3.05) is 16.8 Å². The van der Waals surface area contributed by atoms with Crippen molar-refractivity contribution in [1.29, 1.82) is 0 Å². The molecule has 0 saturated carbocycles. The average molecular weight is 361 g/mol. The van der Waals surface area contributed by atoms with Crippen LogP contribution in [0.25, 0.3) is 11.1 Å². The largest absolute Gasteiger partial charge is 0.459 e. The van der Waals surface area contributed by atoms with Gasteiger partial charge in [0, 0.05) is 32.1 Å². The predicted molar refractivity (Wildman–Crippen MR) is 102 cm³/mol. The molecule has 1 fully saturated rings. The van der Waals surface area contributed by atoms with Gasteiger partial charge < -0.3 is 19.2 Å². The van der Waals surface area contributed by atoms with Crippen molar-refractivity contribution in [2.45, 2.75) is 18.9 Å². The number of nitrogens with one attached hydrogen (secondary N) is 1. The molecule has 1 aliphatic rings. The molecule has 1 N–H and O–H groups in total. The number of nitrogens with zero attached hydrogens (tertiary/aromatic N) is 6. The summed E-state index contributed by atoms with van der Waals surface area (Å²) < 4.78 is 7.48. The quantitative estimate of drug-likeness (QED) is 0.596. The van der Waals surface area contributed by atoms with Crippen LogP contribution in [0, 0.1) is 0 Å². The standard InChI is InChI=1S/C19H19N7O/c1-25-11-16(21-12-25)23-18-17-14(7-10-27-17)22-19(24-18)26-9-4-6-15(26)13-5-2-3-8-20-13/h2-3,5,7-8,10-12,15H,4,6,9H2,1H3,(H,22,23,24). The molecule has 0 aliphatic carbocycles. The summed E-state index contributed by atoms with van der Waals surface area (Å²) in [5.74, 6) is 2.00. The zero-order valence-corrected chi connectivity index (χ0v) is 14.9. The molecule has 8 nitrogen and oxygen atoms in total. The van der Waals surface area contributed by atoms with Crippen LogP contribution in [0.5, 0.6) is 0 Å². The van der Waals surface area contributed by atoms with Crippen LogP contribution in [-0.2, 0) is 7.05 Å². The van der Waals surface area contributed by atoms with Gasteiger partial charge in [0.25, 0.3) is 0 Å². The minimum atomic E-state index is 0.179. The first-order valence-corrected chi connectivity index (χ1v) is 8.96. The number of fused-ring (bicyclic) bond motifs is 1. The van der Waals surface area contributed by atoms with Gasteiger partial charge >= 0.3 is 0 Å². The first kappa shape index (κ1) is 15.8. The second-order valence-corrected chi connectivity index (χ2v) is 6.66. The van der Waals surface area contributed by atoms with E-state index in [1.807, 2.05) is 42.2 Å². The summed E-state index contributed by atoms with van der Waals surface area (Å²) in [6, 6.07) is 8.06. The lowest BCUT2D eigenvalue weighted by molar-refractivity contribution is 0.614. The zero-order chi connectivity index (χ0) is 18.2. The number of pyridine rings is 1. The molecule has 1 atom stereocenters. The second-order valence-electron chi connectivity index (χ2n) is 6.66. The van der Waals surface area contributed by atoms with E-state index in [-0.39, 0.29) is 6.04 Å². The zero-order valence-electron chi connectivity index (χ0n) is 14.9. The van der Waals surface area contributed by atoms with Crippen LogP contribution in [0.4, 0.5) is 17.6 Å². The maximum absolute atomic E-state index is 5.60. The van der Waals surface area contributed by atoms with E-state index in [4.69, 9.17) is 14.4 Å². The van der Waals surface area contributed by atoms with Crippen LogP contribution in [0.15, 0.2) is 53.7 Å². The van der Waals surface area contributed by atoms with Crippen LogP contribution in [0.1, 0.15) is 24.6 Å². The number of aromatic nitrogens is 5. The number of hydrogen-bond acceptors (Lipinski definition) is 7. The van der Waals surface area contributed by atoms with Crippen molar-refractivity contribution >= 4 is 28.7 Å². The normalized spacial score (nSPS) is 16.9. The van der Waals surface area contributed by atoms with Gasteiger partial charge in [-0.05, 0) is 25.0 Å². The lowest BCUT2D eigenvalue weighted by Crippen LogP contribution is -2.25. The van der Waals surface area contributed by atoms with Gasteiger partial charge in [-0.3, -0.25) is 4.98 Å². The van der Waals surface area contributed by atoms with Crippen LogP contribution in [0.2, 0.25) is 0 Å². The summed E-state index contributed by atoms with van der Waals surface area (Å²) >= 11 is 0. The number of furan rings is 1. The lowest BCUT2D eigenvalue weighted by atomic mass is 10.1. The topological polar surface area (TPSA) is 84.9 Å². The summed E-state index contributed by atoms with van der Waals surface area (Å²) in [5.41, 5.74) is 2.44. The van der Waals surface area contributed by atoms with E-state index in [1.54, 1.807) is 12.6 Å². The lowest BCUT2D eigenvalue weighted by Gasteiger charge is -2.24. The fourth-order valence-electron chi connectivity index (χ4n) is 3.55. The van der Waals surface area contributed by atoms with E-state index in [1.165, 1.54) is 0 Å². The molecule has 0 radical (unpaired) electrons. The number of aryl methyl sites for hydroxylation is 1. The highest BCUT2D eigenvalue weighted by atomic mass is 16.3. The van der Waals surface area contributed by atoms with E-state index < -0.39 is 0 Å². The van der Waals surface area contributed by atoms with E-state index in [0.717, 1.165) is 30.6 Å². The van der Waals surface area contributed by atoms with E-state index in [0.29, 0.717) is 23.2 Å². The molecule has 27 heavy (non-hydrogen) atoms. The van der Waals surface area contributed by atoms with Crippen LogP contribution < -0.4 is 10.2 Å². The van der Waals surface area contributed by atoms with Crippen LogP contribution in [0.3, 0.4) is 0 Å². The summed E-state index contributed by atoms with van der Waals surface area (Å²) in [6.07, 6.45) is 9.21. The third-order valence-corrected chi connectivity index (χ3v) is 4.78. The molecule has 5 rings (SSSR count). The minimum Gasteiger partial charge on any atom is -0.459 e. The van der Waals surface area contributed by atoms with Crippen molar-refractivity contribution in [1.82, 2.24) is 24.5 Å². The highest BCUT2D eigenvalue weighted by Crippen LogP contribution is 2.35. The maximum Gasteiger partial charge on any atom is 0.228 e. The molecule has 1 unspecified atom stereocenters. The molecule has 1 aliphatic heterocycles. The van der Waals surface area contributed by atoms with Gasteiger partial charge in [0.1, 0.15) is 11.3 Å². The minimum absolute atomic E-state index is 0.179. The Labute approximate surface area is 155 Å². The molecule has 8 heteroatoms. The Morgan fingerprint density at radius 2 is 2.15 bits per heavy atom. The van der Waals surface area contributed by atoms with Crippen molar-refractivity contribution in [3.05, 3.63) is 54.9 Å². The first-order valence-electron chi connectivity index (χ1n) is 8.96. The Hall–Kier alpha value is -3.42. The molecule has 0 amide bonds. The van der Waals surface area contributed by atoms with Crippen LogP contribution >= 0.6 is 0 Å². The summed E-state index contributed by atoms with van der Waals surface area (Å²) in [5, 5.41) is 3.25. The fourth-order valence-corrected chi connectivity index (χ4v) is 3.55. The number of rotatable bonds is 4. The molecule has 1 saturated heterocycles. The molecule has 136 valence electrons. The van der Waals surface area contributed by atoms with Crippen molar-refractivity contribution in [3.63, 3.8) is 0 Å². The summed E-state index contributed by atoms with van der Waals surface area (Å²) in [6.45, 7) is 0.896. The SMILES string of the molecule is Cn1cnc(Nc2nc(N3CCCC3c3ccccn3)nc3ccoc23)c1. The van der Waals surface area contributed by atoms with Crippen molar-refractivity contribution in [2.24, 2.45) is 7.05 Å². The summed E-state index contributed by atoms with van der Waals surface area (Å²) in [7, 11) is 1.92. The van der Waals surface area contributed by atoms with Gasteiger partial charge in [-0.2, -0.15) is 4.98 Å². The summed E-state index contributed by atoms with van der Waals surface area (Å²) in [4.78, 5) is 20.6. The van der Waals surface area contributed by atoms with E-state index >= 15 is 0 Å². The third-order valence-electron chi connectivity index (χ3n) is 4.78. The van der Waals surface area contributed by atoms with E-state index in [9.17, 15) is 0 Å². The number of imidazole rings is 1. The van der Waals surface area contributed by atoms with E-state index in [2.05, 4.69) is 26.3 Å². The Balaban J connectivity index is 1.55. The van der Waals surface area contributed by atoms with Gasteiger partial charge in [-0.15, -0.1) is 0 Å². The molecular formula is C19H19N7O. The van der Waals surface area contributed by atoms with Gasteiger partial charge in [-0.1, -0.05) is 6.07 Å². The molecular weight excluding hydrogens is 342 g/mol. The van der Waals surface area contributed by atoms with Gasteiger partial charge in [0.2, 0.25) is 5.95 Å². The highest BCUT2D eigenvalue weighted by molar-refractivity contribution is 5.86. The van der Waals surface area contributed by atoms with Gasteiger partial charge in [0.05, 0.1) is 24.3 Å². The molecule has 0 spiro atoms. The molecule has 5 heterocycles. The Bertz CT molecular complexity index is 1070. The third kappa shape index (κ3) is 2.88. The van der Waals surface area contributed by atoms with Gasteiger partial charge in [0.15, 0.2) is 11.4 Å². The Kier molecular flexibility index (Phi) is 3.74. The Morgan fingerprint density at radius 1 is 1.19 bits per heavy atom. The monoisotopic (exact) mass is 361 g/mol. The maximum atomic E-state index is 5.60. The first-order chi connectivity index (χ1) is 13.3. The second kappa shape index (κ2) is 6.39. The highest BCUT2D eigenvalue weighted by Gasteiger charge is 2.30. The molecule has 4 aromatic rings. The molecule has 0 bridgehead atoms. The number of anilines is 3.